The fourth-order valence-corrected chi connectivity index (χ4v) is 3.16. The first-order valence-corrected chi connectivity index (χ1v) is 6.92. The molecule has 0 radical (unpaired) electrons. The number of nitrogens with zero attached hydrogens (tertiary/aromatic N) is 2. The molecular weight excluding hydrogens is 248 g/mol. The fraction of sp³-hybridized carbons (Fsp3) is 0.250. The third-order valence-electron chi connectivity index (χ3n) is 4.19. The van der Waals surface area contributed by atoms with Crippen molar-refractivity contribution in [3.8, 4) is 11.4 Å². The maximum Gasteiger partial charge on any atom is 0.108 e. The van der Waals surface area contributed by atoms with E-state index in [1.54, 1.807) is 12.4 Å². The highest BCUT2D eigenvalue weighted by Gasteiger charge is 2.22. The smallest absolute Gasteiger partial charge is 0.108 e. The van der Waals surface area contributed by atoms with E-state index >= 15 is 0 Å². The summed E-state index contributed by atoms with van der Waals surface area (Å²) in [6.07, 6.45) is 5.55. The first kappa shape index (κ1) is 11.6. The van der Waals surface area contributed by atoms with E-state index in [0.717, 1.165) is 35.4 Å². The third kappa shape index (κ3) is 1.58. The fourth-order valence-electron chi connectivity index (χ4n) is 3.16. The number of nitrogens with two attached hydrogens (primary N) is 1. The van der Waals surface area contributed by atoms with Crippen molar-refractivity contribution < 1.29 is 0 Å². The number of rotatable bonds is 1. The van der Waals surface area contributed by atoms with Crippen LogP contribution < -0.4 is 5.73 Å². The predicted molar refractivity (Wildman–Crippen MR) is 79.3 cm³/mol. The molecule has 2 heterocycles. The highest BCUT2D eigenvalue weighted by molar-refractivity contribution is 5.89. The second-order valence-electron chi connectivity index (χ2n) is 5.41. The standard InChI is InChI=1S/C16H16N4/c1-9-16(19-7-6-18-9)15-8-12-10-2-4-13(17)11(10)3-5-14(12)20-15/h3,5-8,13,20H,2,4,17H2,1H3/t13-/m1/s1. The Morgan fingerprint density at radius 2 is 2.10 bits per heavy atom. The van der Waals surface area contributed by atoms with Crippen LogP contribution >= 0.6 is 0 Å². The van der Waals surface area contributed by atoms with Crippen LogP contribution in [-0.2, 0) is 6.42 Å². The average Bonchev–Trinajstić information content (AvgIpc) is 3.03. The van der Waals surface area contributed by atoms with E-state index in [4.69, 9.17) is 5.73 Å². The minimum Gasteiger partial charge on any atom is -0.353 e. The summed E-state index contributed by atoms with van der Waals surface area (Å²) in [4.78, 5) is 12.2. The zero-order valence-electron chi connectivity index (χ0n) is 11.4. The van der Waals surface area contributed by atoms with Gasteiger partial charge in [-0.05, 0) is 43.0 Å². The van der Waals surface area contributed by atoms with Crippen molar-refractivity contribution in [1.82, 2.24) is 15.0 Å². The minimum absolute atomic E-state index is 0.186. The minimum atomic E-state index is 0.186. The summed E-state index contributed by atoms with van der Waals surface area (Å²) in [5.41, 5.74) is 12.9. The van der Waals surface area contributed by atoms with Gasteiger partial charge in [-0.3, -0.25) is 9.97 Å². The first-order chi connectivity index (χ1) is 9.74. The van der Waals surface area contributed by atoms with Crippen LogP contribution in [0.15, 0.2) is 30.6 Å². The molecule has 0 bridgehead atoms. The lowest BCUT2D eigenvalue weighted by atomic mass is 10.0. The van der Waals surface area contributed by atoms with E-state index < -0.39 is 0 Å². The van der Waals surface area contributed by atoms with Crippen LogP contribution in [0.3, 0.4) is 0 Å². The molecule has 4 rings (SSSR count). The highest BCUT2D eigenvalue weighted by atomic mass is 14.8. The Balaban J connectivity index is 1.95. The predicted octanol–water partition coefficient (Wildman–Crippen LogP) is 2.88. The van der Waals surface area contributed by atoms with Crippen LogP contribution in [0.5, 0.6) is 0 Å². The normalized spacial score (nSPS) is 17.6. The van der Waals surface area contributed by atoms with Gasteiger partial charge < -0.3 is 10.7 Å². The number of aromatic amines is 1. The molecule has 3 N–H and O–H groups in total. The van der Waals surface area contributed by atoms with Crippen molar-refractivity contribution in [1.29, 1.82) is 0 Å². The van der Waals surface area contributed by atoms with Crippen molar-refractivity contribution in [3.63, 3.8) is 0 Å². The van der Waals surface area contributed by atoms with Gasteiger partial charge in [0.25, 0.3) is 0 Å². The van der Waals surface area contributed by atoms with Crippen LogP contribution in [0.4, 0.5) is 0 Å². The molecule has 0 fully saturated rings. The Hall–Kier alpha value is -2.20. The van der Waals surface area contributed by atoms with Crippen molar-refractivity contribution in [3.05, 3.63) is 47.4 Å². The molecular formula is C16H16N4. The number of H-pyrrole nitrogens is 1. The molecule has 0 unspecified atom stereocenters. The van der Waals surface area contributed by atoms with Crippen LogP contribution in [-0.4, -0.2) is 15.0 Å². The largest absolute Gasteiger partial charge is 0.353 e. The van der Waals surface area contributed by atoms with E-state index in [-0.39, 0.29) is 6.04 Å². The van der Waals surface area contributed by atoms with Crippen molar-refractivity contribution in [2.45, 2.75) is 25.8 Å². The Morgan fingerprint density at radius 1 is 1.25 bits per heavy atom. The Kier molecular flexibility index (Phi) is 2.41. The molecule has 1 aliphatic rings. The van der Waals surface area contributed by atoms with Crippen molar-refractivity contribution in [2.24, 2.45) is 5.73 Å². The van der Waals surface area contributed by atoms with E-state index in [9.17, 15) is 0 Å². The van der Waals surface area contributed by atoms with Crippen LogP contribution in [0.2, 0.25) is 0 Å². The number of aryl methyl sites for hydroxylation is 2. The molecule has 0 saturated carbocycles. The maximum absolute atomic E-state index is 6.15. The van der Waals surface area contributed by atoms with Gasteiger partial charge in [-0.1, -0.05) is 6.07 Å². The van der Waals surface area contributed by atoms with Gasteiger partial charge in [-0.15, -0.1) is 0 Å². The molecule has 1 atom stereocenters. The monoisotopic (exact) mass is 264 g/mol. The van der Waals surface area contributed by atoms with Gasteiger partial charge in [0, 0.05) is 29.3 Å². The molecule has 0 spiro atoms. The summed E-state index contributed by atoms with van der Waals surface area (Å²) < 4.78 is 0. The first-order valence-electron chi connectivity index (χ1n) is 6.92. The molecule has 1 aliphatic carbocycles. The number of hydrogen-bond acceptors (Lipinski definition) is 3. The Bertz CT molecular complexity index is 803. The Morgan fingerprint density at radius 3 is 2.95 bits per heavy atom. The van der Waals surface area contributed by atoms with Gasteiger partial charge in [0.1, 0.15) is 5.69 Å². The molecule has 3 aromatic rings. The zero-order chi connectivity index (χ0) is 13.7. The second kappa shape index (κ2) is 4.15. The second-order valence-corrected chi connectivity index (χ2v) is 5.41. The summed E-state index contributed by atoms with van der Waals surface area (Å²) in [7, 11) is 0. The van der Waals surface area contributed by atoms with Gasteiger partial charge in [0.05, 0.1) is 11.4 Å². The molecule has 4 heteroatoms. The number of fused-ring (bicyclic) bond motifs is 3. The lowest BCUT2D eigenvalue weighted by Crippen LogP contribution is -2.04. The molecule has 2 aromatic heterocycles. The van der Waals surface area contributed by atoms with Crippen molar-refractivity contribution >= 4 is 10.9 Å². The third-order valence-corrected chi connectivity index (χ3v) is 4.19. The topological polar surface area (TPSA) is 67.6 Å². The molecule has 1 aromatic carbocycles. The van der Waals surface area contributed by atoms with E-state index in [1.807, 2.05) is 6.92 Å². The molecule has 0 aliphatic heterocycles. The number of aromatic nitrogens is 3. The van der Waals surface area contributed by atoms with Gasteiger partial charge in [-0.2, -0.15) is 0 Å². The van der Waals surface area contributed by atoms with Gasteiger partial charge in [-0.25, -0.2) is 0 Å². The summed E-state index contributed by atoms with van der Waals surface area (Å²) in [6.45, 7) is 1.98. The maximum atomic E-state index is 6.15. The van der Waals surface area contributed by atoms with Gasteiger partial charge in [0.15, 0.2) is 0 Å². The lowest BCUT2D eigenvalue weighted by Gasteiger charge is -2.04. The van der Waals surface area contributed by atoms with Crippen molar-refractivity contribution in [2.75, 3.05) is 0 Å². The van der Waals surface area contributed by atoms with Gasteiger partial charge in [0.2, 0.25) is 0 Å². The van der Waals surface area contributed by atoms with Crippen LogP contribution in [0, 0.1) is 6.92 Å². The lowest BCUT2D eigenvalue weighted by molar-refractivity contribution is 0.713. The number of benzene rings is 1. The van der Waals surface area contributed by atoms with Gasteiger partial charge >= 0.3 is 0 Å². The van der Waals surface area contributed by atoms with E-state index in [0.29, 0.717) is 0 Å². The number of hydrogen-bond donors (Lipinski definition) is 2. The van der Waals surface area contributed by atoms with Crippen LogP contribution in [0.1, 0.15) is 29.3 Å². The molecule has 100 valence electrons. The molecule has 4 nitrogen and oxygen atoms in total. The quantitative estimate of drug-likeness (QED) is 0.710. The molecule has 0 saturated heterocycles. The van der Waals surface area contributed by atoms with E-state index in [2.05, 4.69) is 33.2 Å². The summed E-state index contributed by atoms with van der Waals surface area (Å²) in [5.74, 6) is 0. The van der Waals surface area contributed by atoms with E-state index in [1.165, 1.54) is 16.5 Å². The highest BCUT2D eigenvalue weighted by Crippen LogP contribution is 2.36. The molecule has 20 heavy (non-hydrogen) atoms. The van der Waals surface area contributed by atoms with Crippen LogP contribution in [0.25, 0.3) is 22.3 Å². The summed E-state index contributed by atoms with van der Waals surface area (Å²) >= 11 is 0. The molecule has 0 amide bonds. The summed E-state index contributed by atoms with van der Waals surface area (Å²) in [6, 6.07) is 6.64. The summed E-state index contributed by atoms with van der Waals surface area (Å²) in [5, 5.41) is 1.27. The number of nitrogens with one attached hydrogen (secondary N) is 1. The Labute approximate surface area is 117 Å². The average molecular weight is 264 g/mol. The SMILES string of the molecule is Cc1nccnc1-c1cc2c3c(ccc2[nH]1)[C@H](N)CC3. The zero-order valence-corrected chi connectivity index (χ0v) is 11.4.